The Morgan fingerprint density at radius 3 is 2.22 bits per heavy atom. The van der Waals surface area contributed by atoms with Crippen LogP contribution in [0.25, 0.3) is 0 Å². The maximum absolute atomic E-state index is 4.27. The van der Waals surface area contributed by atoms with Crippen molar-refractivity contribution in [1.29, 1.82) is 0 Å². The van der Waals surface area contributed by atoms with Crippen LogP contribution in [0.5, 0.6) is 0 Å². The summed E-state index contributed by atoms with van der Waals surface area (Å²) in [6.45, 7) is 21.7. The summed E-state index contributed by atoms with van der Waals surface area (Å²) in [5.74, 6) is 0.620. The summed E-state index contributed by atoms with van der Waals surface area (Å²) in [4.78, 5) is 0. The van der Waals surface area contributed by atoms with E-state index in [1.54, 1.807) is 0 Å². The smallest absolute Gasteiger partial charge is 0.0541 e. The van der Waals surface area contributed by atoms with Crippen LogP contribution in [0.15, 0.2) is 54.7 Å². The molecule has 1 unspecified atom stereocenters. The highest BCUT2D eigenvalue weighted by molar-refractivity contribution is 5.52. The fourth-order valence-corrected chi connectivity index (χ4v) is 3.71. The van der Waals surface area contributed by atoms with E-state index in [-0.39, 0.29) is 5.41 Å². The Morgan fingerprint density at radius 1 is 1.17 bits per heavy atom. The zero-order valence-electron chi connectivity index (χ0n) is 16.0. The number of benzene rings is 1. The first kappa shape index (κ1) is 19.5. The van der Waals surface area contributed by atoms with E-state index in [0.717, 1.165) is 17.6 Å². The van der Waals surface area contributed by atoms with Gasteiger partial charge in [0.2, 0.25) is 0 Å². The highest BCUT2D eigenvalue weighted by Gasteiger charge is 2.31. The van der Waals surface area contributed by atoms with Crippen LogP contribution in [-0.2, 0) is 11.8 Å². The van der Waals surface area contributed by atoms with Gasteiger partial charge in [0, 0.05) is 0 Å². The van der Waals surface area contributed by atoms with Crippen molar-refractivity contribution in [2.24, 2.45) is 0 Å². The van der Waals surface area contributed by atoms with Crippen molar-refractivity contribution in [3.05, 3.63) is 71.3 Å². The van der Waals surface area contributed by atoms with Gasteiger partial charge in [0.1, 0.15) is 0 Å². The van der Waals surface area contributed by atoms with Crippen molar-refractivity contribution in [1.82, 2.24) is 0 Å². The third-order valence-electron chi connectivity index (χ3n) is 4.99. The average molecular weight is 311 g/mol. The number of hydrogen-bond donors (Lipinski definition) is 0. The Bertz CT molecular complexity index is 572. The van der Waals surface area contributed by atoms with Gasteiger partial charge in [0.15, 0.2) is 0 Å². The maximum Gasteiger partial charge on any atom is 0.0541 e. The molecule has 0 amide bonds. The molecule has 0 saturated heterocycles. The van der Waals surface area contributed by atoms with Crippen molar-refractivity contribution >= 4 is 0 Å². The molecule has 1 aromatic rings. The molecule has 0 radical (unpaired) electrons. The molecular formula is C23H34. The van der Waals surface area contributed by atoms with Gasteiger partial charge in [-0.15, -0.1) is 0 Å². The normalized spacial score (nSPS) is 13.3. The Kier molecular flexibility index (Phi) is 7.06. The Morgan fingerprint density at radius 2 is 1.78 bits per heavy atom. The predicted molar refractivity (Wildman–Crippen MR) is 105 cm³/mol. The molecule has 1 atom stereocenters. The van der Waals surface area contributed by atoms with Crippen LogP contribution in [0.4, 0.5) is 0 Å². The molecule has 126 valence electrons. The minimum absolute atomic E-state index is 0.259. The summed E-state index contributed by atoms with van der Waals surface area (Å²) in [5.41, 5.74) is 6.24. The van der Waals surface area contributed by atoms with Gasteiger partial charge < -0.3 is 0 Å². The first-order valence-corrected chi connectivity index (χ1v) is 8.94. The molecule has 0 aliphatic rings. The molecule has 1 rings (SSSR count). The van der Waals surface area contributed by atoms with Gasteiger partial charge in [0.05, 0.1) is 5.41 Å². The summed E-state index contributed by atoms with van der Waals surface area (Å²) in [6.07, 6.45) is 7.89. The molecule has 0 aliphatic heterocycles. The summed E-state index contributed by atoms with van der Waals surface area (Å²) in [7, 11) is 0. The van der Waals surface area contributed by atoms with Gasteiger partial charge >= 0.3 is 0 Å². The molecule has 0 heterocycles. The molecule has 0 N–H and O–H groups in total. The molecular weight excluding hydrogens is 276 g/mol. The zero-order chi connectivity index (χ0) is 17.6. The van der Waals surface area contributed by atoms with Crippen LogP contribution in [0.3, 0.4) is 0 Å². The standard InChI is InChI=1S/C23H34/c1-9-12-19(8)22-14-13-21(16-20(22)11-3)23(15-10-2,17(4)5)18(6)7/h10,13-16,19H,4,6,9,11-12H2,1-3,5,7-8H3. The monoisotopic (exact) mass is 310 g/mol. The van der Waals surface area contributed by atoms with E-state index in [1.165, 1.54) is 29.5 Å². The van der Waals surface area contributed by atoms with Crippen LogP contribution in [-0.4, -0.2) is 0 Å². The second kappa shape index (κ2) is 8.34. The number of rotatable bonds is 8. The SMILES string of the molecule is C=C(C)C(C=CC)(C(=C)C)c1ccc(C(C)CCC)c(CC)c1. The molecule has 0 aromatic heterocycles. The Labute approximate surface area is 144 Å². The Balaban J connectivity index is 3.52. The average Bonchev–Trinajstić information content (AvgIpc) is 2.51. The fraction of sp³-hybridized carbons (Fsp3) is 0.478. The second-order valence-corrected chi connectivity index (χ2v) is 6.83. The fourth-order valence-electron chi connectivity index (χ4n) is 3.71. The van der Waals surface area contributed by atoms with E-state index in [9.17, 15) is 0 Å². The summed E-state index contributed by atoms with van der Waals surface area (Å²) >= 11 is 0. The molecule has 23 heavy (non-hydrogen) atoms. The van der Waals surface area contributed by atoms with E-state index in [2.05, 4.69) is 85.1 Å². The minimum atomic E-state index is -0.259. The lowest BCUT2D eigenvalue weighted by Gasteiger charge is -2.34. The van der Waals surface area contributed by atoms with Gasteiger partial charge in [-0.25, -0.2) is 0 Å². The lowest BCUT2D eigenvalue weighted by Crippen LogP contribution is -2.26. The molecule has 0 saturated carbocycles. The van der Waals surface area contributed by atoms with Crippen LogP contribution in [0.2, 0.25) is 0 Å². The van der Waals surface area contributed by atoms with Gasteiger partial charge in [-0.1, -0.05) is 81.8 Å². The van der Waals surface area contributed by atoms with Crippen LogP contribution in [0, 0.1) is 0 Å². The highest BCUT2D eigenvalue weighted by atomic mass is 14.3. The molecule has 1 aromatic carbocycles. The van der Waals surface area contributed by atoms with E-state index < -0.39 is 0 Å². The lowest BCUT2D eigenvalue weighted by atomic mass is 9.69. The van der Waals surface area contributed by atoms with Crippen molar-refractivity contribution in [2.45, 2.75) is 72.1 Å². The predicted octanol–water partition coefficient (Wildman–Crippen LogP) is 7.12. The minimum Gasteiger partial charge on any atom is -0.0986 e. The first-order valence-electron chi connectivity index (χ1n) is 8.94. The Hall–Kier alpha value is -1.56. The molecule has 0 spiro atoms. The molecule has 0 nitrogen and oxygen atoms in total. The van der Waals surface area contributed by atoms with E-state index >= 15 is 0 Å². The van der Waals surface area contributed by atoms with Crippen LogP contribution < -0.4 is 0 Å². The number of allylic oxidation sites excluding steroid dienone is 4. The molecule has 0 aliphatic carbocycles. The van der Waals surface area contributed by atoms with Crippen molar-refractivity contribution in [2.75, 3.05) is 0 Å². The summed E-state index contributed by atoms with van der Waals surface area (Å²) < 4.78 is 0. The summed E-state index contributed by atoms with van der Waals surface area (Å²) in [6, 6.07) is 6.99. The number of hydrogen-bond acceptors (Lipinski definition) is 0. The quantitative estimate of drug-likeness (QED) is 0.448. The van der Waals surface area contributed by atoms with Crippen LogP contribution in [0.1, 0.15) is 77.0 Å². The first-order chi connectivity index (χ1) is 10.8. The van der Waals surface area contributed by atoms with Crippen molar-refractivity contribution < 1.29 is 0 Å². The number of aryl methyl sites for hydroxylation is 1. The third-order valence-corrected chi connectivity index (χ3v) is 4.99. The second-order valence-electron chi connectivity index (χ2n) is 6.83. The lowest BCUT2D eigenvalue weighted by molar-refractivity contribution is 0.656. The largest absolute Gasteiger partial charge is 0.0986 e. The molecule has 0 fully saturated rings. The van der Waals surface area contributed by atoms with Crippen LogP contribution >= 0.6 is 0 Å². The zero-order valence-corrected chi connectivity index (χ0v) is 16.0. The topological polar surface area (TPSA) is 0 Å². The van der Waals surface area contributed by atoms with Gasteiger partial charge in [-0.05, 0) is 56.2 Å². The van der Waals surface area contributed by atoms with E-state index in [0.29, 0.717) is 5.92 Å². The van der Waals surface area contributed by atoms with Gasteiger partial charge in [0.25, 0.3) is 0 Å². The third kappa shape index (κ3) is 3.86. The highest BCUT2D eigenvalue weighted by Crippen LogP contribution is 2.40. The van der Waals surface area contributed by atoms with Crippen molar-refractivity contribution in [3.63, 3.8) is 0 Å². The summed E-state index contributed by atoms with van der Waals surface area (Å²) in [5, 5.41) is 0. The van der Waals surface area contributed by atoms with Gasteiger partial charge in [-0.2, -0.15) is 0 Å². The van der Waals surface area contributed by atoms with Gasteiger partial charge in [-0.3, -0.25) is 0 Å². The maximum atomic E-state index is 4.27. The molecule has 0 bridgehead atoms. The van der Waals surface area contributed by atoms with Crippen molar-refractivity contribution in [3.8, 4) is 0 Å². The van der Waals surface area contributed by atoms with E-state index in [4.69, 9.17) is 0 Å². The van der Waals surface area contributed by atoms with E-state index in [1.807, 2.05) is 0 Å². The molecule has 0 heteroatoms.